The van der Waals surface area contributed by atoms with Gasteiger partial charge in [-0.25, -0.2) is 4.98 Å². The molecule has 2 aromatic heterocycles. The number of nitrogens with one attached hydrogen (secondary N) is 1. The molecule has 1 aromatic carbocycles. The van der Waals surface area contributed by atoms with Gasteiger partial charge in [-0.1, -0.05) is 12.1 Å². The van der Waals surface area contributed by atoms with E-state index in [-0.39, 0.29) is 11.5 Å². The predicted molar refractivity (Wildman–Crippen MR) is 104 cm³/mol. The van der Waals surface area contributed by atoms with Gasteiger partial charge in [-0.3, -0.25) is 14.2 Å². The number of hydrogen-bond acceptors (Lipinski definition) is 5. The molecule has 1 N–H and O–H groups in total. The fourth-order valence-corrected chi connectivity index (χ4v) is 3.75. The number of anilines is 1. The number of hydrogen-bond donors (Lipinski definition) is 1. The van der Waals surface area contributed by atoms with Crippen molar-refractivity contribution >= 4 is 33.3 Å². The van der Waals surface area contributed by atoms with E-state index < -0.39 is 6.04 Å². The summed E-state index contributed by atoms with van der Waals surface area (Å²) in [5.41, 5.74) is 2.11. The Hall–Kier alpha value is -2.67. The number of rotatable bonds is 4. The second-order valence-electron chi connectivity index (χ2n) is 6.22. The molecule has 0 spiro atoms. The highest BCUT2D eigenvalue weighted by molar-refractivity contribution is 7.15. The van der Waals surface area contributed by atoms with E-state index in [1.54, 1.807) is 26.2 Å². The Bertz CT molecular complexity index is 1030. The van der Waals surface area contributed by atoms with Crippen LogP contribution in [0.2, 0.25) is 0 Å². The molecule has 3 aromatic rings. The maximum Gasteiger partial charge on any atom is 0.252 e. The number of carbonyl (C=O) groups excluding carboxylic acids is 1. The van der Waals surface area contributed by atoms with Gasteiger partial charge in [-0.15, -0.1) is 11.3 Å². The number of amides is 1. The molecule has 0 radical (unpaired) electrons. The molecule has 1 amide bonds. The van der Waals surface area contributed by atoms with E-state index in [1.807, 2.05) is 32.9 Å². The van der Waals surface area contributed by atoms with Crippen LogP contribution in [0.15, 0.2) is 29.1 Å². The molecule has 0 aliphatic heterocycles. The van der Waals surface area contributed by atoms with Gasteiger partial charge in [0.15, 0.2) is 5.13 Å². The minimum absolute atomic E-state index is 0.242. The van der Waals surface area contributed by atoms with E-state index in [0.717, 1.165) is 21.5 Å². The van der Waals surface area contributed by atoms with Crippen molar-refractivity contribution in [1.29, 1.82) is 0 Å². The summed E-state index contributed by atoms with van der Waals surface area (Å²) in [6, 6.07) is 6.40. The van der Waals surface area contributed by atoms with Gasteiger partial charge in [0.2, 0.25) is 5.91 Å². The summed E-state index contributed by atoms with van der Waals surface area (Å²) < 4.78 is 6.92. The van der Waals surface area contributed by atoms with Crippen LogP contribution in [0.3, 0.4) is 0 Å². The molecular weight excluding hydrogens is 350 g/mol. The number of benzene rings is 1. The molecule has 0 saturated carbocycles. The molecule has 0 aliphatic carbocycles. The summed E-state index contributed by atoms with van der Waals surface area (Å²) in [6.45, 7) is 7.42. The Labute approximate surface area is 155 Å². The molecular formula is C19H21N3O3S. The Morgan fingerprint density at radius 1 is 1.31 bits per heavy atom. The van der Waals surface area contributed by atoms with Gasteiger partial charge in [-0.05, 0) is 39.3 Å². The predicted octanol–water partition coefficient (Wildman–Crippen LogP) is 3.59. The third-order valence-corrected chi connectivity index (χ3v) is 5.48. The van der Waals surface area contributed by atoms with Gasteiger partial charge in [0.1, 0.15) is 11.8 Å². The van der Waals surface area contributed by atoms with Crippen LogP contribution in [-0.2, 0) is 4.79 Å². The van der Waals surface area contributed by atoms with Crippen LogP contribution in [0.4, 0.5) is 5.13 Å². The van der Waals surface area contributed by atoms with Crippen molar-refractivity contribution in [2.45, 2.75) is 33.7 Å². The van der Waals surface area contributed by atoms with E-state index in [2.05, 4.69) is 10.3 Å². The zero-order valence-electron chi connectivity index (χ0n) is 15.4. The van der Waals surface area contributed by atoms with Crippen molar-refractivity contribution in [3.05, 3.63) is 50.8 Å². The van der Waals surface area contributed by atoms with Crippen molar-refractivity contribution in [2.75, 3.05) is 12.4 Å². The molecule has 0 saturated heterocycles. The Morgan fingerprint density at radius 2 is 2.04 bits per heavy atom. The largest absolute Gasteiger partial charge is 0.495 e. The normalized spacial score (nSPS) is 12.2. The fourth-order valence-electron chi connectivity index (χ4n) is 2.93. The van der Waals surface area contributed by atoms with Crippen LogP contribution in [-0.4, -0.2) is 22.6 Å². The van der Waals surface area contributed by atoms with Crippen molar-refractivity contribution in [2.24, 2.45) is 0 Å². The molecule has 0 fully saturated rings. The summed E-state index contributed by atoms with van der Waals surface area (Å²) in [4.78, 5) is 30.8. The average Bonchev–Trinajstić information content (AvgIpc) is 2.91. The van der Waals surface area contributed by atoms with Crippen LogP contribution < -0.4 is 15.6 Å². The minimum Gasteiger partial charge on any atom is -0.495 e. The quantitative estimate of drug-likeness (QED) is 0.761. The van der Waals surface area contributed by atoms with Crippen LogP contribution >= 0.6 is 11.3 Å². The molecule has 26 heavy (non-hydrogen) atoms. The summed E-state index contributed by atoms with van der Waals surface area (Å²) in [5.74, 6) is 0.265. The van der Waals surface area contributed by atoms with Crippen molar-refractivity contribution in [1.82, 2.24) is 9.55 Å². The van der Waals surface area contributed by atoms with Crippen molar-refractivity contribution in [3.8, 4) is 5.75 Å². The first-order valence-corrected chi connectivity index (χ1v) is 9.09. The van der Waals surface area contributed by atoms with Gasteiger partial charge >= 0.3 is 0 Å². The summed E-state index contributed by atoms with van der Waals surface area (Å²) in [6.07, 6.45) is 0. The lowest BCUT2D eigenvalue weighted by molar-refractivity contribution is -0.118. The Balaban J connectivity index is 2.09. The molecule has 6 nitrogen and oxygen atoms in total. The molecule has 0 bridgehead atoms. The summed E-state index contributed by atoms with van der Waals surface area (Å²) in [5, 5.41) is 4.23. The van der Waals surface area contributed by atoms with Gasteiger partial charge < -0.3 is 10.1 Å². The molecule has 7 heteroatoms. The Morgan fingerprint density at radius 3 is 2.65 bits per heavy atom. The number of aryl methyl sites for hydroxylation is 3. The van der Waals surface area contributed by atoms with E-state index in [9.17, 15) is 9.59 Å². The topological polar surface area (TPSA) is 73.2 Å². The summed E-state index contributed by atoms with van der Waals surface area (Å²) >= 11 is 1.42. The fraction of sp³-hybridized carbons (Fsp3) is 0.316. The van der Waals surface area contributed by atoms with E-state index >= 15 is 0 Å². The number of fused-ring (bicyclic) bond motifs is 1. The first-order chi connectivity index (χ1) is 12.3. The molecule has 136 valence electrons. The zero-order valence-corrected chi connectivity index (χ0v) is 16.2. The lowest BCUT2D eigenvalue weighted by Crippen LogP contribution is -2.32. The number of pyridine rings is 1. The number of nitrogens with zero attached hydrogens (tertiary/aromatic N) is 2. The van der Waals surface area contributed by atoms with Crippen LogP contribution in [0, 0.1) is 20.8 Å². The molecule has 0 aliphatic rings. The van der Waals surface area contributed by atoms with Gasteiger partial charge in [0.05, 0.1) is 18.3 Å². The van der Waals surface area contributed by atoms with Crippen LogP contribution in [0.1, 0.15) is 29.1 Å². The highest BCUT2D eigenvalue weighted by Gasteiger charge is 2.22. The standard InChI is InChI=1S/C19H21N3O3S/c1-10-9-16(23)22(17-14(10)7-6-8-15(17)25-5)12(3)18(24)21-19-20-11(2)13(4)26-19/h6-9,12H,1-5H3,(H,20,21,24). The average molecular weight is 371 g/mol. The number of carbonyl (C=O) groups is 1. The Kier molecular flexibility index (Phi) is 4.82. The number of para-hydroxylation sites is 1. The van der Waals surface area contributed by atoms with Crippen LogP contribution in [0.5, 0.6) is 5.75 Å². The van der Waals surface area contributed by atoms with Gasteiger partial charge in [0.25, 0.3) is 5.56 Å². The second-order valence-corrected chi connectivity index (χ2v) is 7.42. The first-order valence-electron chi connectivity index (χ1n) is 8.27. The molecule has 3 rings (SSSR count). The van der Waals surface area contributed by atoms with E-state index in [1.165, 1.54) is 15.9 Å². The highest BCUT2D eigenvalue weighted by atomic mass is 32.1. The minimum atomic E-state index is -0.716. The molecule has 1 unspecified atom stereocenters. The monoisotopic (exact) mass is 371 g/mol. The maximum atomic E-state index is 12.8. The van der Waals surface area contributed by atoms with Crippen molar-refractivity contribution in [3.63, 3.8) is 0 Å². The lowest BCUT2D eigenvalue weighted by atomic mass is 10.1. The van der Waals surface area contributed by atoms with E-state index in [0.29, 0.717) is 16.4 Å². The van der Waals surface area contributed by atoms with Crippen molar-refractivity contribution < 1.29 is 9.53 Å². The number of aromatic nitrogens is 2. The smallest absolute Gasteiger partial charge is 0.252 e. The number of methoxy groups -OCH3 is 1. The second kappa shape index (κ2) is 6.92. The van der Waals surface area contributed by atoms with Gasteiger partial charge in [-0.2, -0.15) is 0 Å². The molecule has 2 heterocycles. The highest BCUT2D eigenvalue weighted by Crippen LogP contribution is 2.29. The number of thiazole rings is 1. The first kappa shape index (κ1) is 18.1. The lowest BCUT2D eigenvalue weighted by Gasteiger charge is -2.19. The molecule has 1 atom stereocenters. The SMILES string of the molecule is COc1cccc2c(C)cc(=O)n(C(C)C(=O)Nc3nc(C)c(C)s3)c12. The maximum absolute atomic E-state index is 12.8. The number of ether oxygens (including phenoxy) is 1. The third kappa shape index (κ3) is 3.10. The van der Waals surface area contributed by atoms with Gasteiger partial charge in [0, 0.05) is 16.3 Å². The third-order valence-electron chi connectivity index (χ3n) is 4.49. The van der Waals surface area contributed by atoms with E-state index in [4.69, 9.17) is 4.74 Å². The van der Waals surface area contributed by atoms with Crippen LogP contribution in [0.25, 0.3) is 10.9 Å². The zero-order chi connectivity index (χ0) is 19.0. The summed E-state index contributed by atoms with van der Waals surface area (Å²) in [7, 11) is 1.55.